The topological polar surface area (TPSA) is 93.7 Å². The summed E-state index contributed by atoms with van der Waals surface area (Å²) in [5, 5.41) is 2.79. The Morgan fingerprint density at radius 3 is 2.50 bits per heavy atom. The zero-order chi connectivity index (χ0) is 22.0. The molecule has 162 valence electrons. The molecule has 0 aromatic heterocycles. The zero-order valence-electron chi connectivity index (χ0n) is 17.3. The highest BCUT2D eigenvalue weighted by atomic mass is 32.2. The molecule has 2 aromatic rings. The maximum Gasteiger partial charge on any atom is 0.255 e. The number of rotatable bonds is 12. The number of benzene rings is 2. The smallest absolute Gasteiger partial charge is 0.255 e. The fourth-order valence-corrected chi connectivity index (χ4v) is 3.70. The van der Waals surface area contributed by atoms with E-state index in [4.69, 9.17) is 9.47 Å². The van der Waals surface area contributed by atoms with Gasteiger partial charge >= 0.3 is 0 Å². The molecule has 7 nitrogen and oxygen atoms in total. The van der Waals surface area contributed by atoms with E-state index in [9.17, 15) is 13.2 Å². The Morgan fingerprint density at radius 2 is 1.87 bits per heavy atom. The van der Waals surface area contributed by atoms with E-state index in [2.05, 4.69) is 23.5 Å². The van der Waals surface area contributed by atoms with Crippen LogP contribution in [0.5, 0.6) is 11.5 Å². The molecule has 0 bridgehead atoms. The minimum Gasteiger partial charge on any atom is -0.493 e. The van der Waals surface area contributed by atoms with Crippen molar-refractivity contribution in [3.05, 3.63) is 66.2 Å². The van der Waals surface area contributed by atoms with Gasteiger partial charge in [-0.2, -0.15) is 0 Å². The van der Waals surface area contributed by atoms with Gasteiger partial charge in [-0.1, -0.05) is 31.6 Å². The summed E-state index contributed by atoms with van der Waals surface area (Å²) in [4.78, 5) is 12.6. The third-order valence-corrected chi connectivity index (χ3v) is 5.52. The molecule has 0 aliphatic rings. The van der Waals surface area contributed by atoms with Crippen LogP contribution in [0.4, 0.5) is 5.69 Å². The number of nitrogens with one attached hydrogen (secondary N) is 2. The monoisotopic (exact) mass is 432 g/mol. The molecule has 0 aliphatic carbocycles. The summed E-state index contributed by atoms with van der Waals surface area (Å²) in [5.74, 6) is 0.636. The summed E-state index contributed by atoms with van der Waals surface area (Å²) in [6, 6.07) is 11.7. The number of amides is 1. The van der Waals surface area contributed by atoms with Crippen LogP contribution in [0.3, 0.4) is 0 Å². The number of sulfonamides is 1. The third kappa shape index (κ3) is 7.20. The quantitative estimate of drug-likeness (QED) is 0.394. The lowest BCUT2D eigenvalue weighted by molar-refractivity contribution is 0.102. The molecule has 0 saturated carbocycles. The average Bonchev–Trinajstić information content (AvgIpc) is 2.73. The van der Waals surface area contributed by atoms with Crippen LogP contribution in [0, 0.1) is 0 Å². The second-order valence-corrected chi connectivity index (χ2v) is 8.42. The van der Waals surface area contributed by atoms with Gasteiger partial charge in [-0.15, -0.1) is 6.58 Å². The second kappa shape index (κ2) is 11.4. The van der Waals surface area contributed by atoms with E-state index in [1.165, 1.54) is 13.2 Å². The molecule has 2 N–H and O–H groups in total. The first-order valence-electron chi connectivity index (χ1n) is 9.68. The van der Waals surface area contributed by atoms with Gasteiger partial charge in [0.1, 0.15) is 0 Å². The highest BCUT2D eigenvalue weighted by Crippen LogP contribution is 2.28. The molecule has 2 aromatic carbocycles. The van der Waals surface area contributed by atoms with Crippen LogP contribution < -0.4 is 19.5 Å². The summed E-state index contributed by atoms with van der Waals surface area (Å²) in [6.07, 6.45) is 3.45. The van der Waals surface area contributed by atoms with Gasteiger partial charge in [-0.05, 0) is 42.3 Å². The van der Waals surface area contributed by atoms with Gasteiger partial charge in [0.15, 0.2) is 11.5 Å². The van der Waals surface area contributed by atoms with Gasteiger partial charge in [0.05, 0.1) is 19.5 Å². The predicted octanol–water partition coefficient (Wildman–Crippen LogP) is 3.73. The van der Waals surface area contributed by atoms with Crippen LogP contribution in [0.15, 0.2) is 55.1 Å². The van der Waals surface area contributed by atoms with Crippen molar-refractivity contribution in [3.8, 4) is 11.5 Å². The highest BCUT2D eigenvalue weighted by Gasteiger charge is 2.13. The molecule has 0 radical (unpaired) electrons. The second-order valence-electron chi connectivity index (χ2n) is 6.61. The summed E-state index contributed by atoms with van der Waals surface area (Å²) in [5.41, 5.74) is 1.59. The van der Waals surface area contributed by atoms with Crippen molar-refractivity contribution in [2.45, 2.75) is 25.5 Å². The first-order chi connectivity index (χ1) is 14.4. The first kappa shape index (κ1) is 23.4. The van der Waals surface area contributed by atoms with Crippen molar-refractivity contribution >= 4 is 21.6 Å². The van der Waals surface area contributed by atoms with Crippen molar-refractivity contribution in [2.75, 3.05) is 25.6 Å². The number of hydrogen-bond acceptors (Lipinski definition) is 5. The Bertz CT molecular complexity index is 956. The van der Waals surface area contributed by atoms with Crippen LogP contribution in [-0.4, -0.2) is 34.6 Å². The minimum absolute atomic E-state index is 0.147. The van der Waals surface area contributed by atoms with Gasteiger partial charge < -0.3 is 14.8 Å². The summed E-state index contributed by atoms with van der Waals surface area (Å²) in [6.45, 7) is 6.34. The molecular weight excluding hydrogens is 404 g/mol. The van der Waals surface area contributed by atoms with E-state index in [0.29, 0.717) is 34.9 Å². The molecule has 0 saturated heterocycles. The summed E-state index contributed by atoms with van der Waals surface area (Å²) >= 11 is 0. The molecule has 1 amide bonds. The van der Waals surface area contributed by atoms with Crippen molar-refractivity contribution < 1.29 is 22.7 Å². The lowest BCUT2D eigenvalue weighted by atomic mass is 10.1. The highest BCUT2D eigenvalue weighted by molar-refractivity contribution is 7.88. The van der Waals surface area contributed by atoms with Crippen molar-refractivity contribution in [1.82, 2.24) is 4.72 Å². The fraction of sp³-hybridized carbons (Fsp3) is 0.318. The lowest BCUT2D eigenvalue weighted by Gasteiger charge is -2.12. The van der Waals surface area contributed by atoms with Crippen LogP contribution in [0.25, 0.3) is 0 Å². The fourth-order valence-electron chi connectivity index (χ4n) is 2.60. The van der Waals surface area contributed by atoms with Crippen molar-refractivity contribution in [3.63, 3.8) is 0 Å². The number of ether oxygens (including phenoxy) is 2. The van der Waals surface area contributed by atoms with Gasteiger partial charge in [0, 0.05) is 17.8 Å². The molecule has 0 aliphatic heterocycles. The van der Waals surface area contributed by atoms with Crippen LogP contribution in [0.2, 0.25) is 0 Å². The molecule has 0 atom stereocenters. The Kier molecular flexibility index (Phi) is 8.89. The molecular formula is C22H28N2O5S. The largest absolute Gasteiger partial charge is 0.493 e. The maximum atomic E-state index is 12.6. The van der Waals surface area contributed by atoms with Crippen molar-refractivity contribution in [2.24, 2.45) is 0 Å². The Labute approximate surface area is 178 Å². The van der Waals surface area contributed by atoms with Crippen molar-refractivity contribution in [1.29, 1.82) is 0 Å². The first-order valence-corrected chi connectivity index (χ1v) is 11.3. The summed E-state index contributed by atoms with van der Waals surface area (Å²) < 4.78 is 37.3. The van der Waals surface area contributed by atoms with E-state index in [1.54, 1.807) is 42.5 Å². The standard InChI is InChI=1S/C22H28N2O5S/c1-4-6-14-29-20-12-9-18(15-21(20)28-3)22(25)24-19-10-7-17(8-11-19)16-30(26,27)23-13-5-2/h5,7-12,15,23H,2,4,6,13-14,16H2,1,3H3,(H,24,25). The molecule has 0 unspecified atom stereocenters. The Morgan fingerprint density at radius 1 is 1.13 bits per heavy atom. The van der Waals surface area contributed by atoms with E-state index in [-0.39, 0.29) is 18.2 Å². The van der Waals surface area contributed by atoms with Crippen LogP contribution in [-0.2, 0) is 15.8 Å². The number of anilines is 1. The molecule has 0 heterocycles. The Hall–Kier alpha value is -2.84. The van der Waals surface area contributed by atoms with Gasteiger partial charge in [-0.3, -0.25) is 4.79 Å². The Balaban J connectivity index is 2.02. The van der Waals surface area contributed by atoms with Gasteiger partial charge in [0.25, 0.3) is 5.91 Å². The number of unbranched alkanes of at least 4 members (excludes halogenated alkanes) is 1. The average molecular weight is 433 g/mol. The normalized spacial score (nSPS) is 11.0. The molecule has 30 heavy (non-hydrogen) atoms. The van der Waals surface area contributed by atoms with E-state index in [1.807, 2.05) is 0 Å². The van der Waals surface area contributed by atoms with E-state index in [0.717, 1.165) is 12.8 Å². The predicted molar refractivity (Wildman–Crippen MR) is 119 cm³/mol. The van der Waals surface area contributed by atoms with E-state index >= 15 is 0 Å². The molecule has 8 heteroatoms. The molecule has 0 spiro atoms. The summed E-state index contributed by atoms with van der Waals surface area (Å²) in [7, 11) is -1.90. The molecule has 0 fully saturated rings. The van der Waals surface area contributed by atoms with Gasteiger partial charge in [-0.25, -0.2) is 13.1 Å². The zero-order valence-corrected chi connectivity index (χ0v) is 18.1. The lowest BCUT2D eigenvalue weighted by Crippen LogP contribution is -2.25. The van der Waals surface area contributed by atoms with Gasteiger partial charge in [0.2, 0.25) is 10.0 Å². The number of carbonyl (C=O) groups excluding carboxylic acids is 1. The number of methoxy groups -OCH3 is 1. The number of carbonyl (C=O) groups is 1. The van der Waals surface area contributed by atoms with Crippen LogP contribution in [0.1, 0.15) is 35.7 Å². The van der Waals surface area contributed by atoms with Crippen LogP contribution >= 0.6 is 0 Å². The molecule has 2 rings (SSSR count). The maximum absolute atomic E-state index is 12.6. The number of hydrogen-bond donors (Lipinski definition) is 2. The third-order valence-electron chi connectivity index (χ3n) is 4.20. The minimum atomic E-state index is -3.43. The SMILES string of the molecule is C=CCNS(=O)(=O)Cc1ccc(NC(=O)c2ccc(OCCCC)c(OC)c2)cc1. The van der Waals surface area contributed by atoms with E-state index < -0.39 is 10.0 Å².